The number of aromatic nitrogens is 1. The first-order chi connectivity index (χ1) is 8.79. The van der Waals surface area contributed by atoms with Crippen molar-refractivity contribution in [2.45, 2.75) is 25.8 Å². The smallest absolute Gasteiger partial charge is 0.0931 e. The number of pyridine rings is 1. The fourth-order valence-corrected chi connectivity index (χ4v) is 3.13. The normalized spacial score (nSPS) is 12.6. The van der Waals surface area contributed by atoms with Crippen molar-refractivity contribution < 1.29 is 0 Å². The fraction of sp³-hybridized carbons (Fsp3) is 0.357. The van der Waals surface area contributed by atoms with Gasteiger partial charge in [-0.15, -0.1) is 11.3 Å². The average molecular weight is 281 g/mol. The predicted octanol–water partition coefficient (Wildman–Crippen LogP) is 4.08. The third-order valence-corrected chi connectivity index (χ3v) is 4.18. The minimum Gasteiger partial charge on any atom is -0.310 e. The Morgan fingerprint density at radius 3 is 2.89 bits per heavy atom. The molecule has 1 atom stereocenters. The summed E-state index contributed by atoms with van der Waals surface area (Å²) in [5.74, 6) is 0. The first kappa shape index (κ1) is 13.5. The van der Waals surface area contributed by atoms with Crippen LogP contribution in [-0.4, -0.2) is 11.5 Å². The number of hydrogen-bond donors (Lipinski definition) is 1. The van der Waals surface area contributed by atoms with Crippen molar-refractivity contribution in [3.05, 3.63) is 51.4 Å². The van der Waals surface area contributed by atoms with Crippen LogP contribution in [0.2, 0.25) is 4.34 Å². The third-order valence-electron chi connectivity index (χ3n) is 2.83. The van der Waals surface area contributed by atoms with Gasteiger partial charge in [-0.2, -0.15) is 0 Å². The van der Waals surface area contributed by atoms with Gasteiger partial charge in [-0.3, -0.25) is 4.98 Å². The number of hydrogen-bond acceptors (Lipinski definition) is 3. The molecule has 1 N–H and O–H groups in total. The van der Waals surface area contributed by atoms with Crippen molar-refractivity contribution in [2.75, 3.05) is 6.54 Å². The Hall–Kier alpha value is -0.900. The van der Waals surface area contributed by atoms with Gasteiger partial charge < -0.3 is 5.32 Å². The molecule has 0 spiro atoms. The largest absolute Gasteiger partial charge is 0.310 e. The van der Waals surface area contributed by atoms with Crippen LogP contribution in [0.3, 0.4) is 0 Å². The highest BCUT2D eigenvalue weighted by Gasteiger charge is 2.12. The molecule has 18 heavy (non-hydrogen) atoms. The number of halogens is 1. The Labute approximate surface area is 117 Å². The zero-order chi connectivity index (χ0) is 12.8. The molecule has 1 unspecified atom stereocenters. The lowest BCUT2D eigenvalue weighted by Gasteiger charge is -2.16. The monoisotopic (exact) mass is 280 g/mol. The van der Waals surface area contributed by atoms with Gasteiger partial charge in [-0.25, -0.2) is 0 Å². The van der Waals surface area contributed by atoms with E-state index in [2.05, 4.69) is 29.4 Å². The van der Waals surface area contributed by atoms with Crippen LogP contribution < -0.4 is 5.32 Å². The van der Waals surface area contributed by atoms with E-state index >= 15 is 0 Å². The third kappa shape index (κ3) is 3.80. The number of thiophene rings is 1. The lowest BCUT2D eigenvalue weighted by molar-refractivity contribution is 0.522. The number of nitrogens with one attached hydrogen (secondary N) is 1. The summed E-state index contributed by atoms with van der Waals surface area (Å²) in [5, 5.41) is 3.51. The van der Waals surface area contributed by atoms with Gasteiger partial charge in [-0.05, 0) is 43.1 Å². The van der Waals surface area contributed by atoms with Gasteiger partial charge in [0, 0.05) is 23.3 Å². The molecule has 4 heteroatoms. The molecule has 96 valence electrons. The highest BCUT2D eigenvalue weighted by Crippen LogP contribution is 2.29. The summed E-state index contributed by atoms with van der Waals surface area (Å²) < 4.78 is 0.856. The lowest BCUT2D eigenvalue weighted by atomic mass is 10.1. The van der Waals surface area contributed by atoms with E-state index in [0.29, 0.717) is 6.04 Å². The first-order valence-corrected chi connectivity index (χ1v) is 7.36. The van der Waals surface area contributed by atoms with Crippen LogP contribution in [-0.2, 0) is 6.42 Å². The molecule has 0 bridgehead atoms. The first-order valence-electron chi connectivity index (χ1n) is 6.17. The van der Waals surface area contributed by atoms with Crippen LogP contribution >= 0.6 is 22.9 Å². The second kappa shape index (κ2) is 6.88. The summed E-state index contributed by atoms with van der Waals surface area (Å²) in [4.78, 5) is 5.46. The van der Waals surface area contributed by atoms with Gasteiger partial charge in [-0.1, -0.05) is 24.6 Å². The van der Waals surface area contributed by atoms with Crippen LogP contribution in [0.15, 0.2) is 36.7 Å². The highest BCUT2D eigenvalue weighted by atomic mass is 35.5. The maximum Gasteiger partial charge on any atom is 0.0931 e. The van der Waals surface area contributed by atoms with Gasteiger partial charge in [0.25, 0.3) is 0 Å². The van der Waals surface area contributed by atoms with Gasteiger partial charge in [0.2, 0.25) is 0 Å². The van der Waals surface area contributed by atoms with Crippen LogP contribution in [0.25, 0.3) is 0 Å². The summed E-state index contributed by atoms with van der Waals surface area (Å²) in [6, 6.07) is 8.57. The van der Waals surface area contributed by atoms with Crippen molar-refractivity contribution in [1.29, 1.82) is 0 Å². The van der Waals surface area contributed by atoms with E-state index in [1.54, 1.807) is 11.3 Å². The molecule has 0 aliphatic carbocycles. The molecule has 0 fully saturated rings. The minimum atomic E-state index is 0.382. The van der Waals surface area contributed by atoms with Crippen LogP contribution in [0, 0.1) is 0 Å². The van der Waals surface area contributed by atoms with E-state index in [1.165, 1.54) is 10.4 Å². The molecule has 2 rings (SSSR count). The van der Waals surface area contributed by atoms with Gasteiger partial charge >= 0.3 is 0 Å². The predicted molar refractivity (Wildman–Crippen MR) is 78.3 cm³/mol. The summed E-state index contributed by atoms with van der Waals surface area (Å²) in [5.41, 5.74) is 1.28. The summed E-state index contributed by atoms with van der Waals surface area (Å²) in [6.45, 7) is 3.10. The van der Waals surface area contributed by atoms with Gasteiger partial charge in [0.05, 0.1) is 4.34 Å². The van der Waals surface area contributed by atoms with Gasteiger partial charge in [0.15, 0.2) is 0 Å². The zero-order valence-corrected chi connectivity index (χ0v) is 12.0. The highest BCUT2D eigenvalue weighted by molar-refractivity contribution is 7.16. The van der Waals surface area contributed by atoms with E-state index in [9.17, 15) is 0 Å². The SMILES string of the molecule is CCNC(CCc1cccnc1)c1ccc(Cl)s1. The van der Waals surface area contributed by atoms with E-state index in [0.717, 1.165) is 23.7 Å². The Morgan fingerprint density at radius 1 is 1.39 bits per heavy atom. The Balaban J connectivity index is 1.98. The molecule has 0 saturated heterocycles. The molecule has 0 radical (unpaired) electrons. The maximum absolute atomic E-state index is 6.00. The second-order valence-corrected chi connectivity index (χ2v) is 5.90. The fourth-order valence-electron chi connectivity index (χ4n) is 1.96. The average Bonchev–Trinajstić information content (AvgIpc) is 2.82. The molecule has 0 saturated carbocycles. The molecule has 0 aliphatic heterocycles. The Bertz CT molecular complexity index is 470. The Morgan fingerprint density at radius 2 is 2.28 bits per heavy atom. The van der Waals surface area contributed by atoms with Crippen LogP contribution in [0.4, 0.5) is 0 Å². The molecular weight excluding hydrogens is 264 g/mol. The van der Waals surface area contributed by atoms with Crippen molar-refractivity contribution >= 4 is 22.9 Å². The van der Waals surface area contributed by atoms with Crippen molar-refractivity contribution in [3.63, 3.8) is 0 Å². The molecule has 0 amide bonds. The Kier molecular flexibility index (Phi) is 5.17. The topological polar surface area (TPSA) is 24.9 Å². The second-order valence-electron chi connectivity index (χ2n) is 4.15. The summed E-state index contributed by atoms with van der Waals surface area (Å²) >= 11 is 7.66. The standard InChI is InChI=1S/C14H17ClN2S/c1-2-17-12(13-7-8-14(15)18-13)6-5-11-4-3-9-16-10-11/h3-4,7-10,12,17H,2,5-6H2,1H3. The summed E-state index contributed by atoms with van der Waals surface area (Å²) in [6.07, 6.45) is 5.84. The van der Waals surface area contributed by atoms with Crippen LogP contribution in [0.1, 0.15) is 29.8 Å². The molecule has 2 aromatic rings. The lowest BCUT2D eigenvalue weighted by Crippen LogP contribution is -2.20. The molecule has 0 aliphatic rings. The van der Waals surface area contributed by atoms with E-state index in [4.69, 9.17) is 11.6 Å². The number of aryl methyl sites for hydroxylation is 1. The zero-order valence-electron chi connectivity index (χ0n) is 10.4. The van der Waals surface area contributed by atoms with E-state index < -0.39 is 0 Å². The summed E-state index contributed by atoms with van der Waals surface area (Å²) in [7, 11) is 0. The van der Waals surface area contributed by atoms with Crippen molar-refractivity contribution in [2.24, 2.45) is 0 Å². The molecule has 2 nitrogen and oxygen atoms in total. The quantitative estimate of drug-likeness (QED) is 0.862. The van der Waals surface area contributed by atoms with Crippen molar-refractivity contribution in [3.8, 4) is 0 Å². The van der Waals surface area contributed by atoms with E-state index in [1.807, 2.05) is 24.5 Å². The van der Waals surface area contributed by atoms with Crippen molar-refractivity contribution in [1.82, 2.24) is 10.3 Å². The molecule has 2 aromatic heterocycles. The van der Waals surface area contributed by atoms with E-state index in [-0.39, 0.29) is 0 Å². The number of rotatable bonds is 6. The maximum atomic E-state index is 6.00. The minimum absolute atomic E-state index is 0.382. The van der Waals surface area contributed by atoms with Gasteiger partial charge in [0.1, 0.15) is 0 Å². The number of nitrogens with zero attached hydrogens (tertiary/aromatic N) is 1. The van der Waals surface area contributed by atoms with Crippen LogP contribution in [0.5, 0.6) is 0 Å². The molecule has 2 heterocycles. The molecular formula is C14H17ClN2S. The molecule has 0 aromatic carbocycles.